The summed E-state index contributed by atoms with van der Waals surface area (Å²) in [6.07, 6.45) is 22.1. The lowest BCUT2D eigenvalue weighted by molar-refractivity contribution is -0.0581. The average Bonchev–Trinajstić information content (AvgIpc) is 3.96. The van der Waals surface area contributed by atoms with Crippen molar-refractivity contribution in [2.24, 2.45) is 51.8 Å². The van der Waals surface area contributed by atoms with Gasteiger partial charge >= 0.3 is 6.09 Å². The number of nitrogen functional groups attached to an aromatic ring is 1. The number of aliphatic hydroxyl groups excluding tert-OH is 2. The van der Waals surface area contributed by atoms with Gasteiger partial charge in [-0.1, -0.05) is 97.9 Å². The number of carbonyl (C=O) groups is 1. The Labute approximate surface area is 445 Å². The minimum absolute atomic E-state index is 0.0420. The maximum absolute atomic E-state index is 12.9. The van der Waals surface area contributed by atoms with Crippen molar-refractivity contribution in [1.29, 1.82) is 0 Å². The SMILES string of the molecule is CCCCc1nc2c(N)nc3cc(CCCN4CCN(CCCOCCOCCNC(=O)OC5CC[C@@]6(C)C(=CCC7[C@@H]8CC[C@H]([C@H](C)CCCC(C)C)[C@@]8(C)CC[C@@H]76)C5)CC4)ccc3c2n1CC(C)(CO)CO. The quantitative estimate of drug-likeness (QED) is 0.0425. The van der Waals surface area contributed by atoms with Gasteiger partial charge in [-0.25, -0.2) is 14.8 Å². The number of imidazole rings is 1. The lowest BCUT2D eigenvalue weighted by Gasteiger charge is -2.58. The molecule has 1 saturated heterocycles. The molecule has 0 bridgehead atoms. The van der Waals surface area contributed by atoms with Gasteiger partial charge in [0.15, 0.2) is 5.82 Å². The Bertz CT molecular complexity index is 2310. The van der Waals surface area contributed by atoms with Gasteiger partial charge in [0.2, 0.25) is 0 Å². The molecule has 2 unspecified atom stereocenters. The monoisotopic (exact) mass is 1030 g/mol. The third kappa shape index (κ3) is 13.3. The van der Waals surface area contributed by atoms with Crippen LogP contribution in [-0.2, 0) is 33.6 Å². The molecule has 2 aromatic heterocycles. The summed E-state index contributed by atoms with van der Waals surface area (Å²) in [7, 11) is 0. The highest BCUT2D eigenvalue weighted by atomic mass is 16.6. The predicted molar refractivity (Wildman–Crippen MR) is 299 cm³/mol. The first kappa shape index (κ1) is 56.9. The Morgan fingerprint density at radius 1 is 0.878 bits per heavy atom. The number of pyridine rings is 1. The second-order valence-corrected chi connectivity index (χ2v) is 25.2. The van der Waals surface area contributed by atoms with E-state index in [-0.39, 0.29) is 30.8 Å². The van der Waals surface area contributed by atoms with Crippen LogP contribution < -0.4 is 11.1 Å². The van der Waals surface area contributed by atoms with Crippen LogP contribution in [-0.4, -0.2) is 132 Å². The van der Waals surface area contributed by atoms with Crippen LogP contribution in [0.1, 0.15) is 156 Å². The van der Waals surface area contributed by atoms with Crippen LogP contribution in [0, 0.1) is 51.8 Å². The van der Waals surface area contributed by atoms with Crippen molar-refractivity contribution in [2.75, 3.05) is 91.2 Å². The van der Waals surface area contributed by atoms with E-state index in [1.165, 1.54) is 56.9 Å². The molecule has 1 aromatic carbocycles. The molecule has 0 radical (unpaired) electrons. The van der Waals surface area contributed by atoms with Gasteiger partial charge in [-0.05, 0) is 135 Å². The summed E-state index contributed by atoms with van der Waals surface area (Å²) in [6.45, 7) is 25.9. The number of carbonyl (C=O) groups excluding carboxylic acids is 1. The molecule has 5 N–H and O–H groups in total. The molecule has 8 atom stereocenters. The van der Waals surface area contributed by atoms with Gasteiger partial charge in [0.25, 0.3) is 0 Å². The Morgan fingerprint density at radius 2 is 1.62 bits per heavy atom. The fourth-order valence-corrected chi connectivity index (χ4v) is 15.0. The number of fused-ring (bicyclic) bond motifs is 8. The molecule has 5 aliphatic rings. The number of ether oxygens (including phenoxy) is 3. The normalized spacial score (nSPS) is 27.1. The number of nitrogens with two attached hydrogens (primary N) is 1. The van der Waals surface area contributed by atoms with Crippen molar-refractivity contribution >= 4 is 33.8 Å². The number of anilines is 1. The highest BCUT2D eigenvalue weighted by Crippen LogP contribution is 2.67. The van der Waals surface area contributed by atoms with Crippen LogP contribution in [0.25, 0.3) is 21.9 Å². The van der Waals surface area contributed by atoms with Crippen molar-refractivity contribution in [3.8, 4) is 0 Å². The van der Waals surface area contributed by atoms with Gasteiger partial charge in [-0.3, -0.25) is 0 Å². The molecule has 13 nitrogen and oxygen atoms in total. The zero-order chi connectivity index (χ0) is 52.5. The van der Waals surface area contributed by atoms with Crippen molar-refractivity contribution in [2.45, 2.75) is 170 Å². The maximum atomic E-state index is 12.9. The molecule has 1 amide bonds. The summed E-state index contributed by atoms with van der Waals surface area (Å²) in [6, 6.07) is 6.53. The number of nitrogens with one attached hydrogen (secondary N) is 1. The molecular formula is C61H99N7O6. The number of piperazine rings is 1. The molecule has 1 aliphatic heterocycles. The van der Waals surface area contributed by atoms with E-state index in [9.17, 15) is 15.0 Å². The topological polar surface area (TPSA) is 160 Å². The Balaban J connectivity index is 0.662. The fraction of sp³-hybridized carbons (Fsp3) is 0.787. The molecule has 13 heteroatoms. The van der Waals surface area contributed by atoms with Crippen LogP contribution in [0.5, 0.6) is 0 Å². The lowest BCUT2D eigenvalue weighted by Crippen LogP contribution is -2.51. The van der Waals surface area contributed by atoms with Crippen molar-refractivity contribution < 1.29 is 29.2 Å². The van der Waals surface area contributed by atoms with E-state index < -0.39 is 5.41 Å². The number of hydrogen-bond acceptors (Lipinski definition) is 11. The standard InChI is InChI=1S/C61H99N7O6/c1-8-9-16-54-65-55-56(68(54)40-59(5,41-69)42-70)49-19-17-45(38-53(49)64-57(55)62)15-11-28-66-30-32-67(33-31-66)29-12-34-72-36-37-73-35-27-63-58(71)74-47-23-25-60(6)46(39-47)18-20-48-51-22-21-50(44(4)14-10-13-43(2)3)61(51,7)26-24-52(48)60/h17-19,38,43-44,47-48,50-52,69-70H,8-16,20-37,39-42H2,1-7H3,(H2,62,64)(H,63,71)/t44-,47?,48?,50-,51+,52+,60+,61-/m1/s1. The summed E-state index contributed by atoms with van der Waals surface area (Å²) in [5, 5.41) is 24.2. The first-order valence-corrected chi connectivity index (χ1v) is 29.7. The summed E-state index contributed by atoms with van der Waals surface area (Å²) >= 11 is 0. The molecule has 3 heterocycles. The first-order chi connectivity index (χ1) is 35.7. The minimum atomic E-state index is -0.684. The molecule has 3 saturated carbocycles. The zero-order valence-electron chi connectivity index (χ0n) is 47.1. The molecule has 4 fully saturated rings. The molecule has 0 spiro atoms. The summed E-state index contributed by atoms with van der Waals surface area (Å²) in [5.41, 5.74) is 11.9. The van der Waals surface area contributed by atoms with Gasteiger partial charge in [-0.15, -0.1) is 0 Å². The number of amides is 1. The van der Waals surface area contributed by atoms with Crippen LogP contribution in [0.15, 0.2) is 29.8 Å². The highest BCUT2D eigenvalue weighted by Gasteiger charge is 2.59. The number of unbranched alkanes of at least 4 members (excludes halogenated alkanes) is 1. The van der Waals surface area contributed by atoms with E-state index in [0.29, 0.717) is 49.7 Å². The summed E-state index contributed by atoms with van der Waals surface area (Å²) in [4.78, 5) is 27.7. The van der Waals surface area contributed by atoms with E-state index in [2.05, 4.69) is 85.5 Å². The summed E-state index contributed by atoms with van der Waals surface area (Å²) < 4.78 is 19.9. The number of aliphatic hydroxyl groups is 2. The minimum Gasteiger partial charge on any atom is -0.446 e. The van der Waals surface area contributed by atoms with Crippen LogP contribution in [0.4, 0.5) is 10.6 Å². The number of aromatic nitrogens is 3. The Morgan fingerprint density at radius 3 is 2.35 bits per heavy atom. The van der Waals surface area contributed by atoms with Gasteiger partial charge < -0.3 is 49.8 Å². The molecule has 4 aliphatic carbocycles. The van der Waals surface area contributed by atoms with E-state index in [1.807, 2.05) is 6.92 Å². The van der Waals surface area contributed by atoms with Crippen LogP contribution >= 0.6 is 0 Å². The highest BCUT2D eigenvalue weighted by molar-refractivity contribution is 6.06. The number of rotatable bonds is 27. The molecular weight excluding hydrogens is 927 g/mol. The number of hydrogen-bond donors (Lipinski definition) is 4. The molecule has 74 heavy (non-hydrogen) atoms. The first-order valence-electron chi connectivity index (χ1n) is 29.7. The second kappa shape index (κ2) is 25.9. The van der Waals surface area contributed by atoms with Crippen molar-refractivity contribution in [1.82, 2.24) is 29.7 Å². The van der Waals surface area contributed by atoms with Crippen LogP contribution in [0.2, 0.25) is 0 Å². The van der Waals surface area contributed by atoms with E-state index >= 15 is 0 Å². The number of aryl methyl sites for hydroxylation is 2. The van der Waals surface area contributed by atoms with E-state index in [0.717, 1.165) is 161 Å². The third-order valence-electron chi connectivity index (χ3n) is 19.5. The van der Waals surface area contributed by atoms with Gasteiger partial charge in [0, 0.05) is 76.1 Å². The predicted octanol–water partition coefficient (Wildman–Crippen LogP) is 10.6. The third-order valence-corrected chi connectivity index (χ3v) is 19.5. The summed E-state index contributed by atoms with van der Waals surface area (Å²) in [5.74, 6) is 6.34. The maximum Gasteiger partial charge on any atom is 0.407 e. The Hall–Kier alpha value is -3.33. The molecule has 414 valence electrons. The fourth-order valence-electron chi connectivity index (χ4n) is 15.0. The number of alkyl carbamates (subject to hydrolysis) is 1. The lowest BCUT2D eigenvalue weighted by atomic mass is 9.47. The van der Waals surface area contributed by atoms with Crippen LogP contribution in [0.3, 0.4) is 0 Å². The number of allylic oxidation sites excluding steroid dienone is 1. The second-order valence-electron chi connectivity index (χ2n) is 25.2. The molecule has 8 rings (SSSR count). The average molecular weight is 1030 g/mol. The van der Waals surface area contributed by atoms with Crippen molar-refractivity contribution in [3.63, 3.8) is 0 Å². The van der Waals surface area contributed by atoms with Gasteiger partial charge in [-0.2, -0.15) is 0 Å². The van der Waals surface area contributed by atoms with Gasteiger partial charge in [0.05, 0.1) is 44.1 Å². The zero-order valence-corrected chi connectivity index (χ0v) is 47.1. The van der Waals surface area contributed by atoms with E-state index in [1.54, 1.807) is 5.57 Å². The van der Waals surface area contributed by atoms with Gasteiger partial charge in [0.1, 0.15) is 17.4 Å². The Kier molecular flexibility index (Phi) is 19.9. The van der Waals surface area contributed by atoms with Crippen molar-refractivity contribution in [3.05, 3.63) is 41.2 Å². The number of nitrogens with zero attached hydrogens (tertiary/aromatic N) is 5. The van der Waals surface area contributed by atoms with E-state index in [4.69, 9.17) is 29.9 Å². The smallest absolute Gasteiger partial charge is 0.407 e. The largest absolute Gasteiger partial charge is 0.446 e. The number of benzene rings is 1. The molecule has 3 aromatic rings.